The quantitative estimate of drug-likeness (QED) is 0.807. The molecule has 0 atom stereocenters. The van der Waals surface area contributed by atoms with Crippen molar-refractivity contribution in [2.75, 3.05) is 20.7 Å². The highest BCUT2D eigenvalue weighted by Crippen LogP contribution is 2.00. The van der Waals surface area contributed by atoms with Crippen LogP contribution in [0.3, 0.4) is 0 Å². The molecule has 0 spiro atoms. The van der Waals surface area contributed by atoms with Crippen molar-refractivity contribution < 1.29 is 14.3 Å². The highest BCUT2D eigenvalue weighted by molar-refractivity contribution is 7.08. The first-order chi connectivity index (χ1) is 8.49. The summed E-state index contributed by atoms with van der Waals surface area (Å²) in [5.74, 6) is 0. The van der Waals surface area contributed by atoms with Crippen LogP contribution < -0.4 is 4.80 Å². The van der Waals surface area contributed by atoms with Gasteiger partial charge < -0.3 is 9.64 Å². The van der Waals surface area contributed by atoms with Crippen LogP contribution in [0.5, 0.6) is 0 Å². The van der Waals surface area contributed by atoms with Crippen LogP contribution in [0, 0.1) is 0 Å². The lowest BCUT2D eigenvalue weighted by Gasteiger charge is -2.04. The van der Waals surface area contributed by atoms with Gasteiger partial charge in [0.15, 0.2) is 0 Å². The normalized spacial score (nSPS) is 11.4. The minimum Gasteiger partial charge on any atom is -0.448 e. The predicted octanol–water partition coefficient (Wildman–Crippen LogP) is 1.09. The molecule has 1 aromatic rings. The average Bonchev–Trinajstić information content (AvgIpc) is 2.72. The van der Waals surface area contributed by atoms with E-state index in [1.54, 1.807) is 21.0 Å². The maximum atomic E-state index is 11.6. The molecule has 0 aromatic carbocycles. The van der Waals surface area contributed by atoms with E-state index in [1.165, 1.54) is 16.2 Å². The zero-order chi connectivity index (χ0) is 13.7. The van der Waals surface area contributed by atoms with Gasteiger partial charge >= 0.3 is 12.1 Å². The fraction of sp³-hybridized carbons (Fsp3) is 0.600. The van der Waals surface area contributed by atoms with E-state index in [1.807, 2.05) is 6.92 Å². The topological polar surface area (TPSA) is 76.8 Å². The number of aromatic nitrogens is 2. The Hall–Kier alpha value is -1.70. The van der Waals surface area contributed by atoms with Gasteiger partial charge in [0.1, 0.15) is 5.01 Å². The lowest BCUT2D eigenvalue weighted by atomic mass is 10.5. The van der Waals surface area contributed by atoms with Crippen molar-refractivity contribution >= 4 is 23.5 Å². The number of hydrogen-bond acceptors (Lipinski definition) is 5. The minimum absolute atomic E-state index is 0.226. The number of urea groups is 1. The van der Waals surface area contributed by atoms with Crippen molar-refractivity contribution in [3.8, 4) is 0 Å². The van der Waals surface area contributed by atoms with E-state index < -0.39 is 12.1 Å². The number of aryl methyl sites for hydroxylation is 1. The van der Waals surface area contributed by atoms with E-state index >= 15 is 0 Å². The molecule has 1 heterocycles. The van der Waals surface area contributed by atoms with Crippen molar-refractivity contribution in [3.63, 3.8) is 0 Å². The number of carbonyl (C=O) groups is 2. The standard InChI is InChI=1S/C10H16N4O3S/c1-5-7-12-14(10(16)17-6-2)9(18-7)11-8(15)13(3)4/h5-6H2,1-4H3. The van der Waals surface area contributed by atoms with Crippen LogP contribution in [-0.2, 0) is 11.2 Å². The molecule has 0 radical (unpaired) electrons. The zero-order valence-corrected chi connectivity index (χ0v) is 11.7. The number of carbonyl (C=O) groups excluding carboxylic acids is 2. The van der Waals surface area contributed by atoms with Gasteiger partial charge in [0.05, 0.1) is 6.61 Å². The van der Waals surface area contributed by atoms with Crippen molar-refractivity contribution in [1.82, 2.24) is 14.7 Å². The van der Waals surface area contributed by atoms with E-state index in [-0.39, 0.29) is 11.4 Å². The van der Waals surface area contributed by atoms with Crippen LogP contribution in [0.25, 0.3) is 0 Å². The summed E-state index contributed by atoms with van der Waals surface area (Å²) in [5, 5.41) is 4.77. The second kappa shape index (κ2) is 6.29. The van der Waals surface area contributed by atoms with Crippen LogP contribution in [0.2, 0.25) is 0 Å². The molecule has 0 aliphatic rings. The first-order valence-electron chi connectivity index (χ1n) is 5.51. The maximum absolute atomic E-state index is 11.6. The van der Waals surface area contributed by atoms with Crippen LogP contribution in [0.4, 0.5) is 9.59 Å². The molecule has 0 bridgehead atoms. The molecule has 0 N–H and O–H groups in total. The highest BCUT2D eigenvalue weighted by atomic mass is 32.1. The second-order valence-electron chi connectivity index (χ2n) is 3.53. The zero-order valence-electron chi connectivity index (χ0n) is 10.8. The van der Waals surface area contributed by atoms with Gasteiger partial charge in [-0.1, -0.05) is 18.3 Å². The molecule has 1 aromatic heterocycles. The van der Waals surface area contributed by atoms with Crippen molar-refractivity contribution in [3.05, 3.63) is 9.81 Å². The third kappa shape index (κ3) is 3.39. The summed E-state index contributed by atoms with van der Waals surface area (Å²) in [6, 6.07) is -0.445. The first-order valence-corrected chi connectivity index (χ1v) is 6.33. The van der Waals surface area contributed by atoms with Gasteiger partial charge in [-0.3, -0.25) is 0 Å². The van der Waals surface area contributed by atoms with E-state index in [4.69, 9.17) is 4.74 Å². The highest BCUT2D eigenvalue weighted by Gasteiger charge is 2.13. The Labute approximate surface area is 109 Å². The molecule has 0 unspecified atom stereocenters. The number of hydrogen-bond donors (Lipinski definition) is 0. The minimum atomic E-state index is -0.626. The number of ether oxygens (including phenoxy) is 1. The molecule has 18 heavy (non-hydrogen) atoms. The maximum Gasteiger partial charge on any atom is 0.437 e. The number of amides is 2. The molecule has 100 valence electrons. The van der Waals surface area contributed by atoms with Crippen LogP contribution in [0.15, 0.2) is 4.99 Å². The first kappa shape index (κ1) is 14.4. The van der Waals surface area contributed by atoms with Crippen LogP contribution in [-0.4, -0.2) is 47.5 Å². The van der Waals surface area contributed by atoms with E-state index in [0.717, 1.165) is 4.68 Å². The van der Waals surface area contributed by atoms with Gasteiger partial charge in [-0.05, 0) is 13.3 Å². The summed E-state index contributed by atoms with van der Waals surface area (Å²) >= 11 is 1.20. The molecule has 2 amide bonds. The Balaban J connectivity index is 3.21. The molecule has 8 heteroatoms. The summed E-state index contributed by atoms with van der Waals surface area (Å²) in [5.41, 5.74) is 0. The van der Waals surface area contributed by atoms with E-state index in [2.05, 4.69) is 10.1 Å². The predicted molar refractivity (Wildman–Crippen MR) is 66.5 cm³/mol. The molecule has 1 rings (SSSR count). The van der Waals surface area contributed by atoms with Crippen molar-refractivity contribution in [2.24, 2.45) is 4.99 Å². The molecule has 0 saturated carbocycles. The third-order valence-corrected chi connectivity index (χ3v) is 2.97. The number of nitrogens with zero attached hydrogens (tertiary/aromatic N) is 4. The molecule has 7 nitrogen and oxygen atoms in total. The largest absolute Gasteiger partial charge is 0.448 e. The number of rotatable bonds is 2. The van der Waals surface area contributed by atoms with Gasteiger partial charge in [0, 0.05) is 14.1 Å². The third-order valence-electron chi connectivity index (χ3n) is 1.92. The summed E-state index contributed by atoms with van der Waals surface area (Å²) < 4.78 is 5.87. The Morgan fingerprint density at radius 1 is 1.44 bits per heavy atom. The molecular formula is C10H16N4O3S. The van der Waals surface area contributed by atoms with Gasteiger partial charge in [-0.2, -0.15) is 10.1 Å². The van der Waals surface area contributed by atoms with Crippen molar-refractivity contribution in [1.29, 1.82) is 0 Å². The monoisotopic (exact) mass is 272 g/mol. The molecule has 0 aliphatic heterocycles. The van der Waals surface area contributed by atoms with Gasteiger partial charge in [-0.25, -0.2) is 9.59 Å². The lowest BCUT2D eigenvalue weighted by molar-refractivity contribution is 0.149. The summed E-state index contributed by atoms with van der Waals surface area (Å²) in [7, 11) is 3.17. The Morgan fingerprint density at radius 3 is 2.61 bits per heavy atom. The molecule has 0 fully saturated rings. The summed E-state index contributed by atoms with van der Waals surface area (Å²) in [6.45, 7) is 3.85. The van der Waals surface area contributed by atoms with Gasteiger partial charge in [0.2, 0.25) is 4.80 Å². The second-order valence-corrected chi connectivity index (χ2v) is 4.57. The molecule has 0 saturated heterocycles. The Kier molecular flexibility index (Phi) is 5.02. The average molecular weight is 272 g/mol. The van der Waals surface area contributed by atoms with E-state index in [0.29, 0.717) is 11.4 Å². The SMILES string of the molecule is CCOC(=O)n1nc(CC)sc1=NC(=O)N(C)C. The van der Waals surface area contributed by atoms with Gasteiger partial charge in [0.25, 0.3) is 0 Å². The van der Waals surface area contributed by atoms with Gasteiger partial charge in [-0.15, -0.1) is 4.68 Å². The van der Waals surface area contributed by atoms with Crippen LogP contribution in [0.1, 0.15) is 18.9 Å². The smallest absolute Gasteiger partial charge is 0.437 e. The Morgan fingerprint density at radius 2 is 2.11 bits per heavy atom. The Bertz CT molecular complexity index is 503. The molecule has 0 aliphatic carbocycles. The summed E-state index contributed by atoms with van der Waals surface area (Å²) in [6.07, 6.45) is 0.0363. The summed E-state index contributed by atoms with van der Waals surface area (Å²) in [4.78, 5) is 28.5. The van der Waals surface area contributed by atoms with Crippen LogP contribution >= 0.6 is 11.3 Å². The van der Waals surface area contributed by atoms with Crippen molar-refractivity contribution in [2.45, 2.75) is 20.3 Å². The van der Waals surface area contributed by atoms with E-state index in [9.17, 15) is 9.59 Å². The molecular weight excluding hydrogens is 256 g/mol. The lowest BCUT2D eigenvalue weighted by Crippen LogP contribution is -2.29. The fourth-order valence-corrected chi connectivity index (χ4v) is 1.82. The fourth-order valence-electron chi connectivity index (χ4n) is 1.02.